The van der Waals surface area contributed by atoms with Gasteiger partial charge >= 0.3 is 0 Å². The second-order valence-electron chi connectivity index (χ2n) is 5.99. The molecule has 0 aliphatic carbocycles. The Morgan fingerprint density at radius 1 is 1.07 bits per heavy atom. The predicted octanol–water partition coefficient (Wildman–Crippen LogP) is 5.18. The third-order valence-electron chi connectivity index (χ3n) is 4.45. The normalized spacial score (nSPS) is 11.1. The molecule has 2 aromatic heterocycles. The van der Waals surface area contributed by atoms with Crippen LogP contribution in [0.5, 0.6) is 5.75 Å². The van der Waals surface area contributed by atoms with E-state index in [4.69, 9.17) is 32.5 Å². The summed E-state index contributed by atoms with van der Waals surface area (Å²) in [7, 11) is 3.30. The van der Waals surface area contributed by atoms with E-state index in [2.05, 4.69) is 5.16 Å². The molecule has 0 spiro atoms. The molecule has 5 nitrogen and oxygen atoms in total. The number of rotatable bonds is 3. The molecule has 27 heavy (non-hydrogen) atoms. The van der Waals surface area contributed by atoms with Gasteiger partial charge in [-0.25, -0.2) is 0 Å². The fourth-order valence-corrected chi connectivity index (χ4v) is 3.62. The van der Waals surface area contributed by atoms with E-state index in [9.17, 15) is 4.79 Å². The lowest BCUT2D eigenvalue weighted by molar-refractivity contribution is 0.415. The van der Waals surface area contributed by atoms with E-state index in [1.807, 2.05) is 24.3 Å². The second kappa shape index (κ2) is 6.76. The molecular weight excluding hydrogens is 387 g/mol. The van der Waals surface area contributed by atoms with Crippen LogP contribution in [0.4, 0.5) is 0 Å². The van der Waals surface area contributed by atoms with Crippen LogP contribution in [0.1, 0.15) is 0 Å². The lowest BCUT2D eigenvalue weighted by Gasteiger charge is -2.09. The lowest BCUT2D eigenvalue weighted by Crippen LogP contribution is -2.18. The van der Waals surface area contributed by atoms with E-state index in [1.165, 1.54) is 0 Å². The van der Waals surface area contributed by atoms with E-state index in [-0.39, 0.29) is 5.56 Å². The quantitative estimate of drug-likeness (QED) is 0.475. The van der Waals surface area contributed by atoms with E-state index < -0.39 is 0 Å². The van der Waals surface area contributed by atoms with Crippen LogP contribution >= 0.6 is 23.2 Å². The summed E-state index contributed by atoms with van der Waals surface area (Å²) in [5.41, 5.74) is 2.49. The van der Waals surface area contributed by atoms with Gasteiger partial charge in [-0.05, 0) is 42.0 Å². The van der Waals surface area contributed by atoms with Crippen molar-refractivity contribution in [3.63, 3.8) is 0 Å². The molecule has 0 fully saturated rings. The van der Waals surface area contributed by atoms with Gasteiger partial charge in [-0.1, -0.05) is 34.4 Å². The Labute approximate surface area is 164 Å². The standard InChI is InChI=1S/C20H14Cl2N2O3/c1-24-15(11-6-8-12(26-2)9-7-11)10-16-18(20(24)25)19(23-27-16)17-13(21)4-3-5-14(17)22/h3-10H,1-2H3. The largest absolute Gasteiger partial charge is 0.497 e. The van der Waals surface area contributed by atoms with Crippen molar-refractivity contribution < 1.29 is 9.26 Å². The van der Waals surface area contributed by atoms with Crippen LogP contribution in [0.2, 0.25) is 10.0 Å². The van der Waals surface area contributed by atoms with E-state index in [0.717, 1.165) is 11.3 Å². The third kappa shape index (κ3) is 2.89. The first kappa shape index (κ1) is 17.6. The summed E-state index contributed by atoms with van der Waals surface area (Å²) < 4.78 is 12.2. The van der Waals surface area contributed by atoms with Gasteiger partial charge < -0.3 is 13.8 Å². The summed E-state index contributed by atoms with van der Waals surface area (Å²) in [4.78, 5) is 13.1. The van der Waals surface area contributed by atoms with Crippen LogP contribution in [-0.2, 0) is 7.05 Å². The number of methoxy groups -OCH3 is 1. The maximum Gasteiger partial charge on any atom is 0.264 e. The smallest absolute Gasteiger partial charge is 0.264 e. The van der Waals surface area contributed by atoms with E-state index >= 15 is 0 Å². The molecule has 0 amide bonds. The minimum absolute atomic E-state index is 0.245. The molecule has 0 bridgehead atoms. The molecule has 0 aliphatic heterocycles. The van der Waals surface area contributed by atoms with Crippen molar-refractivity contribution in [3.8, 4) is 28.3 Å². The minimum atomic E-state index is -0.245. The second-order valence-corrected chi connectivity index (χ2v) is 6.80. The molecule has 2 heterocycles. The molecule has 2 aromatic carbocycles. The van der Waals surface area contributed by atoms with Crippen LogP contribution in [0.15, 0.2) is 57.8 Å². The van der Waals surface area contributed by atoms with Crippen molar-refractivity contribution in [1.82, 2.24) is 9.72 Å². The lowest BCUT2D eigenvalue weighted by atomic mass is 10.1. The van der Waals surface area contributed by atoms with Gasteiger partial charge in [-0.15, -0.1) is 0 Å². The third-order valence-corrected chi connectivity index (χ3v) is 5.08. The molecule has 4 rings (SSSR count). The summed E-state index contributed by atoms with van der Waals surface area (Å²) in [5.74, 6) is 0.736. The number of nitrogens with zero attached hydrogens (tertiary/aromatic N) is 2. The number of pyridine rings is 1. The van der Waals surface area contributed by atoms with Gasteiger partial charge in [0.15, 0.2) is 5.58 Å². The van der Waals surface area contributed by atoms with Crippen molar-refractivity contribution in [2.45, 2.75) is 0 Å². The molecule has 0 saturated carbocycles. The Kier molecular flexibility index (Phi) is 4.42. The van der Waals surface area contributed by atoms with Crippen molar-refractivity contribution in [1.29, 1.82) is 0 Å². The highest BCUT2D eigenvalue weighted by atomic mass is 35.5. The number of halogens is 2. The van der Waals surface area contributed by atoms with Crippen LogP contribution < -0.4 is 10.3 Å². The molecule has 0 saturated heterocycles. The average Bonchev–Trinajstić information content (AvgIpc) is 3.08. The topological polar surface area (TPSA) is 57.3 Å². The molecule has 0 unspecified atom stereocenters. The summed E-state index contributed by atoms with van der Waals surface area (Å²) in [6.45, 7) is 0. The van der Waals surface area contributed by atoms with Crippen molar-refractivity contribution >= 4 is 34.2 Å². The van der Waals surface area contributed by atoms with Gasteiger partial charge in [0, 0.05) is 18.7 Å². The van der Waals surface area contributed by atoms with Gasteiger partial charge in [-0.2, -0.15) is 0 Å². The Hall–Kier alpha value is -2.76. The zero-order valence-electron chi connectivity index (χ0n) is 14.5. The highest BCUT2D eigenvalue weighted by Gasteiger charge is 2.21. The SMILES string of the molecule is COc1ccc(-c2cc3onc(-c4c(Cl)cccc4Cl)c3c(=O)n2C)cc1. The number of hydrogen-bond acceptors (Lipinski definition) is 4. The van der Waals surface area contributed by atoms with Crippen molar-refractivity contribution in [3.05, 3.63) is 68.9 Å². The van der Waals surface area contributed by atoms with Gasteiger partial charge in [0.2, 0.25) is 0 Å². The Morgan fingerprint density at radius 3 is 2.37 bits per heavy atom. The van der Waals surface area contributed by atoms with E-state index in [1.54, 1.807) is 43.0 Å². The Balaban J connectivity index is 1.96. The number of ether oxygens (including phenoxy) is 1. The molecular formula is C20H14Cl2N2O3. The molecule has 4 aromatic rings. The summed E-state index contributed by atoms with van der Waals surface area (Å²) in [6.07, 6.45) is 0. The van der Waals surface area contributed by atoms with Crippen LogP contribution in [-0.4, -0.2) is 16.8 Å². The summed E-state index contributed by atoms with van der Waals surface area (Å²) >= 11 is 12.6. The van der Waals surface area contributed by atoms with Gasteiger partial charge in [0.1, 0.15) is 16.8 Å². The summed E-state index contributed by atoms with van der Waals surface area (Å²) in [5, 5.41) is 5.22. The van der Waals surface area contributed by atoms with Gasteiger partial charge in [0.25, 0.3) is 5.56 Å². The first-order valence-corrected chi connectivity index (χ1v) is 8.85. The first-order chi connectivity index (χ1) is 13.0. The minimum Gasteiger partial charge on any atom is -0.497 e. The van der Waals surface area contributed by atoms with Crippen LogP contribution in [0.25, 0.3) is 33.5 Å². The monoisotopic (exact) mass is 400 g/mol. The molecule has 136 valence electrons. The fourth-order valence-electron chi connectivity index (χ4n) is 3.04. The first-order valence-electron chi connectivity index (χ1n) is 8.09. The Morgan fingerprint density at radius 2 is 1.74 bits per heavy atom. The predicted molar refractivity (Wildman–Crippen MR) is 107 cm³/mol. The zero-order valence-corrected chi connectivity index (χ0v) is 16.0. The number of aromatic nitrogens is 2. The molecule has 7 heteroatoms. The highest BCUT2D eigenvalue weighted by Crippen LogP contribution is 2.37. The maximum absolute atomic E-state index is 13.1. The highest BCUT2D eigenvalue weighted by molar-refractivity contribution is 6.39. The van der Waals surface area contributed by atoms with Crippen LogP contribution in [0, 0.1) is 0 Å². The number of benzene rings is 2. The average molecular weight is 401 g/mol. The zero-order chi connectivity index (χ0) is 19.1. The Bertz CT molecular complexity index is 1190. The van der Waals surface area contributed by atoms with Gasteiger partial charge in [-0.3, -0.25) is 4.79 Å². The number of fused-ring (bicyclic) bond motifs is 1. The molecule has 0 aliphatic rings. The molecule has 0 radical (unpaired) electrons. The van der Waals surface area contributed by atoms with Gasteiger partial charge in [0.05, 0.1) is 22.8 Å². The summed E-state index contributed by atoms with van der Waals surface area (Å²) in [6, 6.07) is 14.3. The van der Waals surface area contributed by atoms with Crippen molar-refractivity contribution in [2.75, 3.05) is 7.11 Å². The molecule has 0 N–H and O–H groups in total. The molecule has 0 atom stereocenters. The van der Waals surface area contributed by atoms with E-state index in [0.29, 0.717) is 38.0 Å². The van der Waals surface area contributed by atoms with Crippen LogP contribution in [0.3, 0.4) is 0 Å². The fraction of sp³-hybridized carbons (Fsp3) is 0.100. The number of hydrogen-bond donors (Lipinski definition) is 0. The maximum atomic E-state index is 13.1. The van der Waals surface area contributed by atoms with Crippen molar-refractivity contribution in [2.24, 2.45) is 7.05 Å².